The molecule has 30 heavy (non-hydrogen) atoms. The van der Waals surface area contributed by atoms with Gasteiger partial charge in [-0.1, -0.05) is 45.1 Å². The van der Waals surface area contributed by atoms with Crippen molar-refractivity contribution < 1.29 is 19.1 Å². The van der Waals surface area contributed by atoms with Crippen LogP contribution >= 0.6 is 0 Å². The summed E-state index contributed by atoms with van der Waals surface area (Å²) in [5.74, 6) is -0.667. The molecule has 0 aromatic heterocycles. The summed E-state index contributed by atoms with van der Waals surface area (Å²) in [6, 6.07) is 5.38. The zero-order valence-electron chi connectivity index (χ0n) is 18.9. The molecular formula is C24H38N2O4. The maximum absolute atomic E-state index is 12.5. The van der Waals surface area contributed by atoms with Crippen molar-refractivity contribution >= 4 is 23.3 Å². The highest BCUT2D eigenvalue weighted by Gasteiger charge is 2.20. The Morgan fingerprint density at radius 3 is 2.57 bits per heavy atom. The molecule has 0 saturated heterocycles. The van der Waals surface area contributed by atoms with Crippen molar-refractivity contribution in [1.82, 2.24) is 0 Å². The molecule has 0 bridgehead atoms. The molecular weight excluding hydrogens is 380 g/mol. The largest absolute Gasteiger partial charge is 0.462 e. The summed E-state index contributed by atoms with van der Waals surface area (Å²) in [6.45, 7) is 9.13. The molecule has 0 aliphatic rings. The molecule has 0 fully saturated rings. The first-order valence-corrected chi connectivity index (χ1v) is 11.0. The van der Waals surface area contributed by atoms with Crippen molar-refractivity contribution in [2.75, 3.05) is 43.6 Å². The van der Waals surface area contributed by atoms with E-state index < -0.39 is 5.97 Å². The van der Waals surface area contributed by atoms with Crippen LogP contribution in [0.2, 0.25) is 0 Å². The number of nitrogens with zero attached hydrogens (tertiary/aromatic N) is 1. The number of carbonyl (C=O) groups excluding carboxylic acids is 2. The van der Waals surface area contributed by atoms with Crippen molar-refractivity contribution in [3.05, 3.63) is 36.4 Å². The predicted molar refractivity (Wildman–Crippen MR) is 123 cm³/mol. The highest BCUT2D eigenvalue weighted by atomic mass is 16.5. The molecule has 0 aliphatic carbocycles. The third-order valence-corrected chi connectivity index (χ3v) is 4.78. The van der Waals surface area contributed by atoms with Crippen molar-refractivity contribution in [2.45, 2.75) is 58.8 Å². The summed E-state index contributed by atoms with van der Waals surface area (Å²) in [5, 5.41) is 3.40. The summed E-state index contributed by atoms with van der Waals surface area (Å²) in [4.78, 5) is 26.4. The highest BCUT2D eigenvalue weighted by Crippen LogP contribution is 2.25. The first-order chi connectivity index (χ1) is 14.5. The first kappa shape index (κ1) is 25.7. The second-order valence-corrected chi connectivity index (χ2v) is 7.23. The number of hydrogen-bond acceptors (Lipinski definition) is 5. The van der Waals surface area contributed by atoms with E-state index in [1.807, 2.05) is 12.1 Å². The number of benzene rings is 1. The van der Waals surface area contributed by atoms with E-state index >= 15 is 0 Å². The van der Waals surface area contributed by atoms with Crippen molar-refractivity contribution in [1.29, 1.82) is 0 Å². The average Bonchev–Trinajstić information content (AvgIpc) is 2.75. The Labute approximate surface area is 181 Å². The van der Waals surface area contributed by atoms with Crippen LogP contribution in [0.4, 0.5) is 11.4 Å². The van der Waals surface area contributed by atoms with E-state index in [0.717, 1.165) is 18.7 Å². The van der Waals surface area contributed by atoms with Gasteiger partial charge in [-0.2, -0.15) is 0 Å². The number of hydrogen-bond donors (Lipinski definition) is 1. The van der Waals surface area contributed by atoms with Crippen LogP contribution in [0.5, 0.6) is 0 Å². The van der Waals surface area contributed by atoms with Gasteiger partial charge in [0.2, 0.25) is 0 Å². The average molecular weight is 419 g/mol. The second kappa shape index (κ2) is 15.5. The molecule has 1 aromatic rings. The lowest BCUT2D eigenvalue weighted by Crippen LogP contribution is -2.31. The summed E-state index contributed by atoms with van der Waals surface area (Å²) in [7, 11) is 1.65. The molecule has 1 amide bonds. The van der Waals surface area contributed by atoms with Gasteiger partial charge < -0.3 is 19.7 Å². The number of anilines is 2. The van der Waals surface area contributed by atoms with Gasteiger partial charge in [-0.25, -0.2) is 4.79 Å². The van der Waals surface area contributed by atoms with E-state index in [1.165, 1.54) is 37.0 Å². The molecule has 168 valence electrons. The maximum atomic E-state index is 12.5. The molecule has 1 rings (SSSR count). The SMILES string of the molecule is C=CCCOCC(=O)N(C)c1cc(NCCCCCCCC)ccc1C(=O)OCC. The molecule has 0 spiro atoms. The van der Waals surface area contributed by atoms with Gasteiger partial charge >= 0.3 is 5.97 Å². The van der Waals surface area contributed by atoms with E-state index in [2.05, 4.69) is 18.8 Å². The highest BCUT2D eigenvalue weighted by molar-refractivity contribution is 6.03. The van der Waals surface area contributed by atoms with Crippen LogP contribution in [0, 0.1) is 0 Å². The Morgan fingerprint density at radius 2 is 1.87 bits per heavy atom. The van der Waals surface area contributed by atoms with E-state index in [9.17, 15) is 9.59 Å². The minimum absolute atomic E-state index is 0.0536. The minimum atomic E-state index is -0.442. The fraction of sp³-hybridized carbons (Fsp3) is 0.583. The van der Waals surface area contributed by atoms with E-state index in [4.69, 9.17) is 9.47 Å². The number of ether oxygens (including phenoxy) is 2. The van der Waals surface area contributed by atoms with Gasteiger partial charge in [-0.3, -0.25) is 4.79 Å². The summed E-state index contributed by atoms with van der Waals surface area (Å²) in [6.07, 6.45) is 9.80. The van der Waals surface area contributed by atoms with Gasteiger partial charge in [-0.05, 0) is 38.0 Å². The van der Waals surface area contributed by atoms with E-state index in [1.54, 1.807) is 26.1 Å². The molecule has 0 saturated carbocycles. The minimum Gasteiger partial charge on any atom is -0.462 e. The quantitative estimate of drug-likeness (QED) is 0.227. The zero-order valence-corrected chi connectivity index (χ0v) is 18.9. The third-order valence-electron chi connectivity index (χ3n) is 4.78. The van der Waals surface area contributed by atoms with Gasteiger partial charge in [-0.15, -0.1) is 6.58 Å². The third kappa shape index (κ3) is 9.44. The van der Waals surface area contributed by atoms with Crippen molar-refractivity contribution in [3.63, 3.8) is 0 Å². The monoisotopic (exact) mass is 418 g/mol. The van der Waals surface area contributed by atoms with Crippen LogP contribution in [-0.2, 0) is 14.3 Å². The van der Waals surface area contributed by atoms with Crippen molar-refractivity contribution in [2.24, 2.45) is 0 Å². The van der Waals surface area contributed by atoms with Gasteiger partial charge in [0.15, 0.2) is 0 Å². The van der Waals surface area contributed by atoms with Crippen LogP contribution in [0.1, 0.15) is 69.2 Å². The number of nitrogens with one attached hydrogen (secondary N) is 1. The Hall–Kier alpha value is -2.34. The number of unbranched alkanes of at least 4 members (excludes halogenated alkanes) is 5. The molecule has 0 atom stereocenters. The summed E-state index contributed by atoms with van der Waals surface area (Å²) >= 11 is 0. The van der Waals surface area contributed by atoms with Gasteiger partial charge in [0, 0.05) is 19.3 Å². The molecule has 0 radical (unpaired) electrons. The Morgan fingerprint density at radius 1 is 1.13 bits per heavy atom. The lowest BCUT2D eigenvalue weighted by molar-refractivity contribution is -0.122. The molecule has 0 heterocycles. The fourth-order valence-corrected chi connectivity index (χ4v) is 3.00. The van der Waals surface area contributed by atoms with Crippen LogP contribution in [0.25, 0.3) is 0 Å². The summed E-state index contributed by atoms with van der Waals surface area (Å²) in [5.41, 5.74) is 1.75. The van der Waals surface area contributed by atoms with Crippen LogP contribution in [-0.4, -0.2) is 45.3 Å². The number of esters is 1. The van der Waals surface area contributed by atoms with Crippen molar-refractivity contribution in [3.8, 4) is 0 Å². The molecule has 0 aliphatic heterocycles. The molecule has 1 N–H and O–H groups in total. The predicted octanol–water partition coefficient (Wildman–Crippen LogP) is 5.19. The summed E-state index contributed by atoms with van der Waals surface area (Å²) < 4.78 is 10.5. The normalized spacial score (nSPS) is 10.5. The smallest absolute Gasteiger partial charge is 0.340 e. The number of likely N-dealkylation sites (N-methyl/N-ethyl adjacent to an activating group) is 1. The number of rotatable bonds is 16. The number of amides is 1. The second-order valence-electron chi connectivity index (χ2n) is 7.23. The van der Waals surface area contributed by atoms with Crippen LogP contribution in [0.3, 0.4) is 0 Å². The molecule has 6 nitrogen and oxygen atoms in total. The standard InChI is InChI=1S/C24H38N2O4/c1-5-8-10-11-12-13-16-25-20-14-15-21(24(28)30-7-3)22(18-20)26(4)23(27)19-29-17-9-6-2/h6,14-15,18,25H,2,5,7-13,16-17,19H2,1,3-4H3. The van der Waals surface area contributed by atoms with Gasteiger partial charge in [0.1, 0.15) is 6.61 Å². The first-order valence-electron chi connectivity index (χ1n) is 11.0. The molecule has 6 heteroatoms. The molecule has 0 unspecified atom stereocenters. The Balaban J connectivity index is 2.78. The van der Waals surface area contributed by atoms with Crippen LogP contribution in [0.15, 0.2) is 30.9 Å². The topological polar surface area (TPSA) is 67.9 Å². The lowest BCUT2D eigenvalue weighted by Gasteiger charge is -2.21. The maximum Gasteiger partial charge on any atom is 0.340 e. The Bertz CT molecular complexity index is 661. The van der Waals surface area contributed by atoms with Gasteiger partial charge in [0.05, 0.1) is 24.5 Å². The Kier molecular flexibility index (Phi) is 13.3. The van der Waals surface area contributed by atoms with Crippen LogP contribution < -0.4 is 10.2 Å². The zero-order chi connectivity index (χ0) is 22.2. The van der Waals surface area contributed by atoms with E-state index in [-0.39, 0.29) is 19.1 Å². The van der Waals surface area contributed by atoms with E-state index in [0.29, 0.717) is 24.3 Å². The fourth-order valence-electron chi connectivity index (χ4n) is 3.00. The number of carbonyl (C=O) groups is 2. The lowest BCUT2D eigenvalue weighted by atomic mass is 10.1. The molecule has 1 aromatic carbocycles. The van der Waals surface area contributed by atoms with Gasteiger partial charge in [0.25, 0.3) is 5.91 Å².